The van der Waals surface area contributed by atoms with Gasteiger partial charge < -0.3 is 10.2 Å². The maximum atomic E-state index is 5.93. The molecule has 3 heterocycles. The van der Waals surface area contributed by atoms with Gasteiger partial charge in [-0.1, -0.05) is 23.7 Å². The summed E-state index contributed by atoms with van der Waals surface area (Å²) in [7, 11) is 0. The van der Waals surface area contributed by atoms with Crippen molar-refractivity contribution in [3.05, 3.63) is 34.9 Å². The highest BCUT2D eigenvalue weighted by Crippen LogP contribution is 2.29. The number of piperidine rings is 3. The third-order valence-corrected chi connectivity index (χ3v) is 4.74. The molecule has 1 aromatic carbocycles. The van der Waals surface area contributed by atoms with E-state index in [1.165, 1.54) is 38.0 Å². The predicted octanol–water partition coefficient (Wildman–Crippen LogP) is 3.08. The van der Waals surface area contributed by atoms with Crippen molar-refractivity contribution in [1.29, 1.82) is 0 Å². The Morgan fingerprint density at radius 2 is 1.89 bits per heavy atom. The van der Waals surface area contributed by atoms with E-state index >= 15 is 0 Å². The Balaban J connectivity index is 1.64. The fraction of sp³-hybridized carbons (Fsp3) is 0.600. The van der Waals surface area contributed by atoms with Crippen molar-refractivity contribution in [3.63, 3.8) is 0 Å². The minimum Gasteiger partial charge on any atom is -0.306 e. The summed E-state index contributed by atoms with van der Waals surface area (Å²) in [4.78, 5) is 2.59. The van der Waals surface area contributed by atoms with Crippen molar-refractivity contribution < 1.29 is 0 Å². The van der Waals surface area contributed by atoms with E-state index < -0.39 is 0 Å². The molecule has 18 heavy (non-hydrogen) atoms. The van der Waals surface area contributed by atoms with Gasteiger partial charge in [-0.2, -0.15) is 0 Å². The molecule has 2 nitrogen and oxygen atoms in total. The second-order valence-corrected chi connectivity index (χ2v) is 6.12. The number of rotatable bonds is 3. The van der Waals surface area contributed by atoms with Gasteiger partial charge in [-0.15, -0.1) is 0 Å². The van der Waals surface area contributed by atoms with Gasteiger partial charge in [-0.3, -0.25) is 0 Å². The highest BCUT2D eigenvalue weighted by atomic mass is 35.5. The molecule has 1 unspecified atom stereocenters. The lowest BCUT2D eigenvalue weighted by Gasteiger charge is -2.46. The molecule has 2 atom stereocenters. The van der Waals surface area contributed by atoms with Gasteiger partial charge >= 0.3 is 0 Å². The number of nitrogens with one attached hydrogen (secondary N) is 1. The van der Waals surface area contributed by atoms with Crippen LogP contribution >= 0.6 is 11.6 Å². The average Bonchev–Trinajstić information content (AvgIpc) is 2.41. The van der Waals surface area contributed by atoms with E-state index in [0.29, 0.717) is 12.1 Å². The van der Waals surface area contributed by atoms with E-state index in [2.05, 4.69) is 29.3 Å². The van der Waals surface area contributed by atoms with Crippen LogP contribution in [0.1, 0.15) is 31.4 Å². The van der Waals surface area contributed by atoms with Crippen molar-refractivity contribution in [3.8, 4) is 0 Å². The number of hydrogen-bond donors (Lipinski definition) is 1. The van der Waals surface area contributed by atoms with Gasteiger partial charge in [-0.25, -0.2) is 0 Å². The summed E-state index contributed by atoms with van der Waals surface area (Å²) in [6.07, 6.45) is 2.73. The van der Waals surface area contributed by atoms with Gasteiger partial charge in [0, 0.05) is 23.7 Å². The Morgan fingerprint density at radius 1 is 1.22 bits per heavy atom. The van der Waals surface area contributed by atoms with Gasteiger partial charge in [-0.05, 0) is 56.5 Å². The van der Waals surface area contributed by atoms with Crippen LogP contribution in [0, 0.1) is 5.92 Å². The molecular weight excluding hydrogens is 244 g/mol. The van der Waals surface area contributed by atoms with Crippen LogP contribution in [0.25, 0.3) is 0 Å². The molecule has 1 N–H and O–H groups in total. The van der Waals surface area contributed by atoms with Gasteiger partial charge in [0.05, 0.1) is 0 Å². The molecule has 3 fully saturated rings. The maximum Gasteiger partial charge on any atom is 0.0406 e. The smallest absolute Gasteiger partial charge is 0.0406 e. The van der Waals surface area contributed by atoms with Crippen molar-refractivity contribution in [2.75, 3.05) is 19.6 Å². The zero-order valence-corrected chi connectivity index (χ0v) is 11.7. The maximum absolute atomic E-state index is 5.93. The van der Waals surface area contributed by atoms with E-state index in [4.69, 9.17) is 11.6 Å². The van der Waals surface area contributed by atoms with Crippen LogP contribution in [-0.2, 0) is 0 Å². The second kappa shape index (κ2) is 5.20. The lowest BCUT2D eigenvalue weighted by atomic mass is 9.83. The number of nitrogens with zero attached hydrogens (tertiary/aromatic N) is 1. The fourth-order valence-corrected chi connectivity index (χ4v) is 3.45. The first-order valence-corrected chi connectivity index (χ1v) is 7.34. The summed E-state index contributed by atoms with van der Waals surface area (Å²) in [5, 5.41) is 4.61. The molecule has 0 aromatic heterocycles. The normalized spacial score (nSPS) is 32.4. The van der Waals surface area contributed by atoms with Crippen LogP contribution in [0.2, 0.25) is 5.02 Å². The SMILES string of the molecule is C[C@H](NC1CN2CCC1CC2)c1ccc(Cl)cc1. The van der Waals surface area contributed by atoms with Crippen molar-refractivity contribution in [1.82, 2.24) is 10.2 Å². The standard InChI is InChI=1S/C15H21ClN2/c1-11(12-2-4-14(16)5-3-12)17-15-10-18-8-6-13(15)7-9-18/h2-5,11,13,15,17H,6-10H2,1H3/t11-,15?/m0/s1. The number of halogens is 1. The highest BCUT2D eigenvalue weighted by Gasteiger charge is 2.34. The van der Waals surface area contributed by atoms with Gasteiger partial charge in [0.2, 0.25) is 0 Å². The Labute approximate surface area is 114 Å². The molecule has 98 valence electrons. The molecule has 3 saturated heterocycles. The van der Waals surface area contributed by atoms with Crippen LogP contribution in [-0.4, -0.2) is 30.6 Å². The first-order chi connectivity index (χ1) is 8.72. The molecule has 0 aliphatic carbocycles. The number of benzene rings is 1. The zero-order chi connectivity index (χ0) is 12.5. The minimum absolute atomic E-state index is 0.410. The lowest BCUT2D eigenvalue weighted by molar-refractivity contribution is 0.0680. The lowest BCUT2D eigenvalue weighted by Crippen LogP contribution is -2.56. The molecule has 2 bridgehead atoms. The van der Waals surface area contributed by atoms with Crippen molar-refractivity contribution >= 4 is 11.6 Å². The third-order valence-electron chi connectivity index (χ3n) is 4.49. The summed E-state index contributed by atoms with van der Waals surface area (Å²) >= 11 is 5.93. The molecule has 4 rings (SSSR count). The molecular formula is C15H21ClN2. The van der Waals surface area contributed by atoms with Gasteiger partial charge in [0.1, 0.15) is 0 Å². The van der Waals surface area contributed by atoms with E-state index in [1.807, 2.05) is 12.1 Å². The monoisotopic (exact) mass is 264 g/mol. The zero-order valence-electron chi connectivity index (χ0n) is 10.9. The Morgan fingerprint density at radius 3 is 2.44 bits per heavy atom. The first kappa shape index (κ1) is 12.5. The van der Waals surface area contributed by atoms with E-state index in [0.717, 1.165) is 10.9 Å². The number of fused-ring (bicyclic) bond motifs is 3. The van der Waals surface area contributed by atoms with Crippen LogP contribution in [0.3, 0.4) is 0 Å². The molecule has 1 aromatic rings. The van der Waals surface area contributed by atoms with Crippen LogP contribution < -0.4 is 5.32 Å². The minimum atomic E-state index is 0.410. The summed E-state index contributed by atoms with van der Waals surface area (Å²) in [5.74, 6) is 0.879. The van der Waals surface area contributed by atoms with Crippen LogP contribution in [0.15, 0.2) is 24.3 Å². The summed E-state index contributed by atoms with van der Waals surface area (Å²) in [6, 6.07) is 9.28. The van der Waals surface area contributed by atoms with Gasteiger partial charge in [0.15, 0.2) is 0 Å². The third kappa shape index (κ3) is 2.56. The van der Waals surface area contributed by atoms with Crippen molar-refractivity contribution in [2.45, 2.75) is 31.8 Å². The molecule has 0 radical (unpaired) electrons. The second-order valence-electron chi connectivity index (χ2n) is 5.68. The topological polar surface area (TPSA) is 15.3 Å². The Kier molecular flexibility index (Phi) is 3.60. The number of hydrogen-bond acceptors (Lipinski definition) is 2. The first-order valence-electron chi connectivity index (χ1n) is 6.96. The Bertz CT molecular complexity index is 395. The molecule has 3 aliphatic rings. The van der Waals surface area contributed by atoms with E-state index in [-0.39, 0.29) is 0 Å². The molecule has 0 amide bonds. The highest BCUT2D eigenvalue weighted by molar-refractivity contribution is 6.30. The quantitative estimate of drug-likeness (QED) is 0.903. The van der Waals surface area contributed by atoms with Crippen LogP contribution in [0.5, 0.6) is 0 Å². The summed E-state index contributed by atoms with van der Waals surface area (Å²) in [5.41, 5.74) is 1.33. The fourth-order valence-electron chi connectivity index (χ4n) is 3.32. The van der Waals surface area contributed by atoms with Crippen molar-refractivity contribution in [2.24, 2.45) is 5.92 Å². The summed E-state index contributed by atoms with van der Waals surface area (Å²) < 4.78 is 0. The molecule has 3 aliphatic heterocycles. The largest absolute Gasteiger partial charge is 0.306 e. The Hall–Kier alpha value is -0.570. The van der Waals surface area contributed by atoms with E-state index in [1.54, 1.807) is 0 Å². The predicted molar refractivity (Wildman–Crippen MR) is 76.0 cm³/mol. The molecule has 3 heteroatoms. The van der Waals surface area contributed by atoms with Gasteiger partial charge in [0.25, 0.3) is 0 Å². The summed E-state index contributed by atoms with van der Waals surface area (Å²) in [6.45, 7) is 6.08. The molecule has 0 saturated carbocycles. The van der Waals surface area contributed by atoms with Crippen LogP contribution in [0.4, 0.5) is 0 Å². The average molecular weight is 265 g/mol. The van der Waals surface area contributed by atoms with E-state index in [9.17, 15) is 0 Å². The molecule has 0 spiro atoms.